The zero-order valence-corrected chi connectivity index (χ0v) is 19.3. The fourth-order valence-corrected chi connectivity index (χ4v) is 7.65. The number of rotatable bonds is 2. The van der Waals surface area contributed by atoms with Crippen molar-refractivity contribution in [2.75, 3.05) is 6.54 Å². The van der Waals surface area contributed by atoms with Gasteiger partial charge in [0.25, 0.3) is 0 Å². The van der Waals surface area contributed by atoms with Gasteiger partial charge in [-0.1, -0.05) is 20.8 Å². The smallest absolute Gasteiger partial charge is 0.136 e. The zero-order chi connectivity index (χ0) is 20.5. The minimum absolute atomic E-state index is 0.0175. The van der Waals surface area contributed by atoms with Crippen LogP contribution >= 0.6 is 11.3 Å². The average molecular weight is 399 g/mol. The van der Waals surface area contributed by atoms with Crippen LogP contribution < -0.4 is 5.32 Å². The van der Waals surface area contributed by atoms with E-state index >= 15 is 0 Å². The van der Waals surface area contributed by atoms with Crippen molar-refractivity contribution in [1.82, 2.24) is 10.2 Å². The van der Waals surface area contributed by atoms with Gasteiger partial charge in [-0.15, -0.1) is 11.3 Å². The van der Waals surface area contributed by atoms with Gasteiger partial charge in [0.15, 0.2) is 0 Å². The number of fused-ring (bicyclic) bond motifs is 3. The predicted molar refractivity (Wildman–Crippen MR) is 117 cm³/mol. The number of aliphatic imine (C=N–C) groups is 1. The lowest BCUT2D eigenvalue weighted by atomic mass is 9.65. The molecule has 2 bridgehead atoms. The molecule has 0 radical (unpaired) electrons. The topological polar surface area (TPSA) is 51.4 Å². The molecule has 2 aliphatic heterocycles. The highest BCUT2D eigenvalue weighted by atomic mass is 32.1. The van der Waals surface area contributed by atoms with Gasteiger partial charge in [0.2, 0.25) is 0 Å². The molecule has 4 rings (SSSR count). The molecule has 0 spiro atoms. The molecule has 1 N–H and O–H groups in total. The third kappa shape index (κ3) is 3.39. The van der Waals surface area contributed by atoms with Crippen LogP contribution in [0.2, 0.25) is 0 Å². The molecule has 1 aromatic heterocycles. The Labute approximate surface area is 174 Å². The quantitative estimate of drug-likeness (QED) is 0.540. The maximum absolute atomic E-state index is 9.90. The van der Waals surface area contributed by atoms with E-state index in [4.69, 9.17) is 4.99 Å². The molecule has 0 aromatic carbocycles. The summed E-state index contributed by atoms with van der Waals surface area (Å²) in [6.45, 7) is 17.2. The summed E-state index contributed by atoms with van der Waals surface area (Å²) in [6.07, 6.45) is 6.69. The molecule has 2 fully saturated rings. The number of nitriles is 1. The molecule has 1 aliphatic carbocycles. The van der Waals surface area contributed by atoms with E-state index in [1.807, 2.05) is 6.34 Å². The fourth-order valence-electron chi connectivity index (χ4n) is 6.49. The fraction of sp³-hybridized carbons (Fsp3) is 0.739. The minimum atomic E-state index is -0.136. The summed E-state index contributed by atoms with van der Waals surface area (Å²) in [5.41, 5.74) is 2.62. The summed E-state index contributed by atoms with van der Waals surface area (Å²) in [5.74, 6) is 0. The van der Waals surface area contributed by atoms with Gasteiger partial charge in [0.1, 0.15) is 11.1 Å². The van der Waals surface area contributed by atoms with Gasteiger partial charge in [-0.2, -0.15) is 5.26 Å². The van der Waals surface area contributed by atoms with Crippen LogP contribution in [-0.2, 0) is 12.0 Å². The molecular formula is C23H34N4S. The van der Waals surface area contributed by atoms with Crippen molar-refractivity contribution in [1.29, 1.82) is 5.26 Å². The molecule has 2 atom stereocenters. The summed E-state index contributed by atoms with van der Waals surface area (Å²) in [4.78, 5) is 8.60. The highest BCUT2D eigenvalue weighted by molar-refractivity contribution is 7.16. The molecule has 1 saturated carbocycles. The lowest BCUT2D eigenvalue weighted by molar-refractivity contribution is 0.133. The average Bonchev–Trinajstić information content (AvgIpc) is 2.96. The summed E-state index contributed by atoms with van der Waals surface area (Å²) in [5, 5.41) is 14.5. The second-order valence-electron chi connectivity index (χ2n) is 11.6. The van der Waals surface area contributed by atoms with Crippen LogP contribution in [0.25, 0.3) is 0 Å². The van der Waals surface area contributed by atoms with Gasteiger partial charge in [-0.25, -0.2) is 4.99 Å². The monoisotopic (exact) mass is 398 g/mol. The van der Waals surface area contributed by atoms with E-state index in [1.165, 1.54) is 29.7 Å². The van der Waals surface area contributed by atoms with Crippen LogP contribution in [0, 0.1) is 22.2 Å². The van der Waals surface area contributed by atoms with E-state index < -0.39 is 0 Å². The molecule has 28 heavy (non-hydrogen) atoms. The minimum Gasteiger partial charge on any atom is -0.359 e. The van der Waals surface area contributed by atoms with Crippen molar-refractivity contribution < 1.29 is 0 Å². The van der Waals surface area contributed by atoms with Crippen LogP contribution in [0.4, 0.5) is 5.00 Å². The first-order valence-electron chi connectivity index (χ1n) is 10.5. The van der Waals surface area contributed by atoms with Gasteiger partial charge < -0.3 is 10.2 Å². The molecule has 5 heteroatoms. The number of likely N-dealkylation sites (tertiary alicyclic amines) is 1. The maximum Gasteiger partial charge on any atom is 0.136 e. The SMILES string of the molecule is CC1(C)C[C@H]2C[C@@](C)(CN2C=Nc2sc3c(c2C#N)CC(C)(C)NC3(C)C)C1. The van der Waals surface area contributed by atoms with Crippen LogP contribution in [0.15, 0.2) is 4.99 Å². The molecular weight excluding hydrogens is 364 g/mol. The first kappa shape index (κ1) is 19.9. The molecule has 0 unspecified atom stereocenters. The van der Waals surface area contributed by atoms with Gasteiger partial charge in [-0.3, -0.25) is 0 Å². The van der Waals surface area contributed by atoms with E-state index in [0.717, 1.165) is 23.5 Å². The molecule has 1 aromatic rings. The van der Waals surface area contributed by atoms with Crippen LogP contribution in [0.1, 0.15) is 83.7 Å². The van der Waals surface area contributed by atoms with Gasteiger partial charge in [0, 0.05) is 28.5 Å². The Kier molecular flexibility index (Phi) is 4.31. The first-order chi connectivity index (χ1) is 12.8. The van der Waals surface area contributed by atoms with E-state index in [2.05, 4.69) is 64.8 Å². The number of thiophene rings is 1. The molecule has 1 saturated heterocycles. The molecule has 3 heterocycles. The third-order valence-electron chi connectivity index (χ3n) is 6.72. The van der Waals surface area contributed by atoms with E-state index in [0.29, 0.717) is 16.9 Å². The summed E-state index contributed by atoms with van der Waals surface area (Å²) in [6, 6.07) is 3.05. The highest BCUT2D eigenvalue weighted by Crippen LogP contribution is 2.52. The van der Waals surface area contributed by atoms with Crippen molar-refractivity contribution >= 4 is 22.7 Å². The van der Waals surface area contributed by atoms with E-state index in [1.54, 1.807) is 11.3 Å². The van der Waals surface area contributed by atoms with Gasteiger partial charge >= 0.3 is 0 Å². The largest absolute Gasteiger partial charge is 0.359 e. The predicted octanol–water partition coefficient (Wildman–Crippen LogP) is 5.34. The number of nitrogens with zero attached hydrogens (tertiary/aromatic N) is 3. The summed E-state index contributed by atoms with van der Waals surface area (Å²) in [7, 11) is 0. The standard InChI is InChI=1S/C23H34N4S/c1-20(2)8-15-9-23(7,12-20)13-27(15)14-25-19-17(11-24)16-10-21(3,4)26-22(5,6)18(16)28-19/h14-15,26H,8-10,12-13H2,1-7H3/t15-,23+/m0/s1. The van der Waals surface area contributed by atoms with E-state index in [9.17, 15) is 5.26 Å². The lowest BCUT2D eigenvalue weighted by Gasteiger charge is -2.42. The Bertz CT molecular complexity index is 870. The van der Waals surface area contributed by atoms with Crippen LogP contribution in [-0.4, -0.2) is 29.4 Å². The van der Waals surface area contributed by atoms with Crippen LogP contribution in [0.5, 0.6) is 0 Å². The second-order valence-corrected chi connectivity index (χ2v) is 12.6. The Balaban J connectivity index is 1.65. The molecule has 3 aliphatic rings. The summed E-state index contributed by atoms with van der Waals surface area (Å²) >= 11 is 1.69. The van der Waals surface area contributed by atoms with Gasteiger partial charge in [-0.05, 0) is 69.8 Å². The van der Waals surface area contributed by atoms with Gasteiger partial charge in [0.05, 0.1) is 11.9 Å². The van der Waals surface area contributed by atoms with Crippen molar-refractivity contribution in [3.63, 3.8) is 0 Å². The van der Waals surface area contributed by atoms with Crippen molar-refractivity contribution in [2.24, 2.45) is 15.8 Å². The molecule has 152 valence electrons. The Morgan fingerprint density at radius 2 is 1.89 bits per heavy atom. The van der Waals surface area contributed by atoms with Crippen molar-refractivity contribution in [2.45, 2.75) is 91.3 Å². The summed E-state index contributed by atoms with van der Waals surface area (Å²) < 4.78 is 0. The molecule has 4 nitrogen and oxygen atoms in total. The number of nitrogens with one attached hydrogen (secondary N) is 1. The Morgan fingerprint density at radius 1 is 1.18 bits per heavy atom. The number of hydrogen-bond donors (Lipinski definition) is 1. The number of hydrogen-bond acceptors (Lipinski definition) is 4. The Morgan fingerprint density at radius 3 is 2.57 bits per heavy atom. The van der Waals surface area contributed by atoms with Crippen molar-refractivity contribution in [3.05, 3.63) is 16.0 Å². The third-order valence-corrected chi connectivity index (χ3v) is 8.18. The van der Waals surface area contributed by atoms with Crippen LogP contribution in [0.3, 0.4) is 0 Å². The van der Waals surface area contributed by atoms with E-state index in [-0.39, 0.29) is 11.1 Å². The molecule has 0 amide bonds. The van der Waals surface area contributed by atoms with Crippen molar-refractivity contribution in [3.8, 4) is 6.07 Å². The highest BCUT2D eigenvalue weighted by Gasteiger charge is 2.49. The second kappa shape index (κ2) is 6.06. The zero-order valence-electron chi connectivity index (χ0n) is 18.4. The lowest BCUT2D eigenvalue weighted by Crippen LogP contribution is -2.54. The normalized spacial score (nSPS) is 32.4. The maximum atomic E-state index is 9.90. The first-order valence-corrected chi connectivity index (χ1v) is 11.3. The Hall–Kier alpha value is -1.38.